The maximum Gasteiger partial charge on any atom is 0.225 e. The van der Waals surface area contributed by atoms with Gasteiger partial charge in [-0.3, -0.25) is 14.9 Å². The highest BCUT2D eigenvalue weighted by molar-refractivity contribution is 6.30. The second kappa shape index (κ2) is 7.92. The molecule has 0 radical (unpaired) electrons. The molecule has 0 fully saturated rings. The summed E-state index contributed by atoms with van der Waals surface area (Å²) in [6.07, 6.45) is 4.21. The van der Waals surface area contributed by atoms with E-state index in [0.717, 1.165) is 11.1 Å². The van der Waals surface area contributed by atoms with Gasteiger partial charge in [0, 0.05) is 35.0 Å². The fourth-order valence-electron chi connectivity index (χ4n) is 2.48. The average Bonchev–Trinajstić information content (AvgIpc) is 3.04. The number of hydrogen-bond donors (Lipinski definition) is 3. The third kappa shape index (κ3) is 4.23. The summed E-state index contributed by atoms with van der Waals surface area (Å²) in [5.41, 5.74) is 3.08. The molecule has 2 aromatic heterocycles. The summed E-state index contributed by atoms with van der Waals surface area (Å²) in [5.74, 6) is 0.174. The molecule has 0 aliphatic carbocycles. The Morgan fingerprint density at radius 2 is 1.88 bits per heavy atom. The molecule has 0 saturated carbocycles. The molecular weight excluding hydrogens is 340 g/mol. The van der Waals surface area contributed by atoms with E-state index in [2.05, 4.69) is 20.5 Å². The predicted octanol–water partition coefficient (Wildman–Crippen LogP) is 3.19. The Hall–Kier alpha value is -2.70. The highest BCUT2D eigenvalue weighted by Gasteiger charge is 2.16. The molecule has 0 saturated heterocycles. The van der Waals surface area contributed by atoms with Gasteiger partial charge in [0.2, 0.25) is 5.91 Å². The van der Waals surface area contributed by atoms with Crippen molar-refractivity contribution < 1.29 is 9.90 Å². The minimum Gasteiger partial charge on any atom is -0.391 e. The van der Waals surface area contributed by atoms with Crippen LogP contribution in [-0.4, -0.2) is 26.2 Å². The van der Waals surface area contributed by atoms with Crippen molar-refractivity contribution in [2.24, 2.45) is 0 Å². The molecule has 1 amide bonds. The molecule has 3 N–H and O–H groups in total. The van der Waals surface area contributed by atoms with Gasteiger partial charge in [0.1, 0.15) is 0 Å². The monoisotopic (exact) mass is 356 g/mol. The molecule has 7 heteroatoms. The molecule has 25 heavy (non-hydrogen) atoms. The first-order valence-electron chi connectivity index (χ1n) is 7.80. The zero-order valence-electron chi connectivity index (χ0n) is 13.4. The summed E-state index contributed by atoms with van der Waals surface area (Å²) in [4.78, 5) is 16.1. The number of aromatic nitrogens is 3. The Morgan fingerprint density at radius 3 is 2.56 bits per heavy atom. The van der Waals surface area contributed by atoms with E-state index in [9.17, 15) is 9.90 Å². The van der Waals surface area contributed by atoms with E-state index < -0.39 is 0 Å². The topological polar surface area (TPSA) is 90.9 Å². The van der Waals surface area contributed by atoms with Gasteiger partial charge in [0.15, 0.2) is 5.82 Å². The molecule has 0 unspecified atom stereocenters. The van der Waals surface area contributed by atoms with Crippen molar-refractivity contribution in [2.75, 3.05) is 5.32 Å². The Labute approximate surface area is 149 Å². The van der Waals surface area contributed by atoms with Crippen LogP contribution in [0.2, 0.25) is 5.02 Å². The van der Waals surface area contributed by atoms with Crippen LogP contribution in [0, 0.1) is 0 Å². The van der Waals surface area contributed by atoms with E-state index in [1.54, 1.807) is 36.7 Å². The number of rotatable bonds is 6. The lowest BCUT2D eigenvalue weighted by Gasteiger charge is -2.05. The lowest BCUT2D eigenvalue weighted by atomic mass is 10.1. The lowest BCUT2D eigenvalue weighted by molar-refractivity contribution is -0.116. The number of halogens is 1. The van der Waals surface area contributed by atoms with E-state index in [-0.39, 0.29) is 12.5 Å². The number of benzene rings is 1. The molecule has 0 spiro atoms. The van der Waals surface area contributed by atoms with Crippen LogP contribution in [0.5, 0.6) is 0 Å². The standard InChI is InChI=1S/C18H17ClN4O2/c19-14-4-1-12(2-5-14)3-6-16(25)21-18-15(11-24)17(22-23-18)13-7-9-20-10-8-13/h1-2,4-5,7-10,24H,3,6,11H2,(H2,21,22,23,25). The summed E-state index contributed by atoms with van der Waals surface area (Å²) in [5, 5.41) is 20.0. The predicted molar refractivity (Wildman–Crippen MR) is 96.1 cm³/mol. The Balaban J connectivity index is 1.67. The number of carbonyl (C=O) groups excluding carboxylic acids is 1. The molecule has 0 atom stereocenters. The van der Waals surface area contributed by atoms with E-state index in [4.69, 9.17) is 11.6 Å². The Kier molecular flexibility index (Phi) is 5.42. The SMILES string of the molecule is O=C(CCc1ccc(Cl)cc1)Nc1n[nH]c(-c2ccncc2)c1CO. The lowest BCUT2D eigenvalue weighted by Crippen LogP contribution is -2.14. The molecule has 0 bridgehead atoms. The number of aliphatic hydroxyl groups excluding tert-OH is 1. The van der Waals surface area contributed by atoms with Gasteiger partial charge in [-0.1, -0.05) is 23.7 Å². The van der Waals surface area contributed by atoms with Crippen molar-refractivity contribution in [3.8, 4) is 11.3 Å². The highest BCUT2D eigenvalue weighted by Crippen LogP contribution is 2.26. The number of aryl methyl sites for hydroxylation is 1. The van der Waals surface area contributed by atoms with Gasteiger partial charge in [0.25, 0.3) is 0 Å². The molecule has 2 heterocycles. The largest absolute Gasteiger partial charge is 0.391 e. The zero-order chi connectivity index (χ0) is 17.6. The number of pyridine rings is 1. The molecule has 0 aliphatic rings. The number of hydrogen-bond acceptors (Lipinski definition) is 4. The third-order valence-corrected chi connectivity index (χ3v) is 4.06. The van der Waals surface area contributed by atoms with Gasteiger partial charge in [-0.2, -0.15) is 5.10 Å². The minimum absolute atomic E-state index is 0.169. The second-order valence-electron chi connectivity index (χ2n) is 5.49. The number of aliphatic hydroxyl groups is 1. The summed E-state index contributed by atoms with van der Waals surface area (Å²) in [6.45, 7) is -0.235. The number of aromatic amines is 1. The number of nitrogens with one attached hydrogen (secondary N) is 2. The first-order chi connectivity index (χ1) is 12.2. The third-order valence-electron chi connectivity index (χ3n) is 3.81. The van der Waals surface area contributed by atoms with Gasteiger partial charge in [-0.15, -0.1) is 0 Å². The number of anilines is 1. The first-order valence-corrected chi connectivity index (χ1v) is 8.18. The van der Waals surface area contributed by atoms with Gasteiger partial charge in [-0.25, -0.2) is 0 Å². The van der Waals surface area contributed by atoms with Crippen molar-refractivity contribution >= 4 is 23.3 Å². The summed E-state index contributed by atoms with van der Waals surface area (Å²) in [7, 11) is 0. The van der Waals surface area contributed by atoms with Crippen molar-refractivity contribution in [1.82, 2.24) is 15.2 Å². The molecule has 6 nitrogen and oxygen atoms in total. The number of amides is 1. The fraction of sp³-hybridized carbons (Fsp3) is 0.167. The molecule has 3 aromatic rings. The highest BCUT2D eigenvalue weighted by atomic mass is 35.5. The van der Waals surface area contributed by atoms with Gasteiger partial charge >= 0.3 is 0 Å². The Morgan fingerprint density at radius 1 is 1.16 bits per heavy atom. The van der Waals surface area contributed by atoms with Gasteiger partial charge in [-0.05, 0) is 36.2 Å². The molecule has 1 aromatic carbocycles. The van der Waals surface area contributed by atoms with Gasteiger partial charge in [0.05, 0.1) is 12.3 Å². The van der Waals surface area contributed by atoms with Crippen LogP contribution in [0.15, 0.2) is 48.8 Å². The summed E-state index contributed by atoms with van der Waals surface area (Å²) < 4.78 is 0. The fourth-order valence-corrected chi connectivity index (χ4v) is 2.61. The van der Waals surface area contributed by atoms with Crippen LogP contribution in [0.25, 0.3) is 11.3 Å². The number of H-pyrrole nitrogens is 1. The number of carbonyl (C=O) groups is 1. The van der Waals surface area contributed by atoms with Crippen LogP contribution < -0.4 is 5.32 Å². The van der Waals surface area contributed by atoms with E-state index in [0.29, 0.717) is 34.9 Å². The molecule has 3 rings (SSSR count). The normalized spacial score (nSPS) is 10.6. The molecular formula is C18H17ClN4O2. The second-order valence-corrected chi connectivity index (χ2v) is 5.93. The van der Waals surface area contributed by atoms with E-state index in [1.165, 1.54) is 0 Å². The maximum atomic E-state index is 12.2. The quantitative estimate of drug-likeness (QED) is 0.632. The summed E-state index contributed by atoms with van der Waals surface area (Å²) >= 11 is 5.85. The molecule has 0 aliphatic heterocycles. The van der Waals surface area contributed by atoms with Crippen LogP contribution in [0.3, 0.4) is 0 Å². The number of nitrogens with zero attached hydrogens (tertiary/aromatic N) is 2. The van der Waals surface area contributed by atoms with Crippen LogP contribution in [0.4, 0.5) is 5.82 Å². The first kappa shape index (κ1) is 17.1. The van der Waals surface area contributed by atoms with E-state index in [1.807, 2.05) is 12.1 Å². The van der Waals surface area contributed by atoms with E-state index >= 15 is 0 Å². The zero-order valence-corrected chi connectivity index (χ0v) is 14.1. The maximum absolute atomic E-state index is 12.2. The van der Waals surface area contributed by atoms with Crippen molar-refractivity contribution in [3.05, 3.63) is 64.9 Å². The van der Waals surface area contributed by atoms with Crippen LogP contribution in [0.1, 0.15) is 17.5 Å². The smallest absolute Gasteiger partial charge is 0.225 e. The van der Waals surface area contributed by atoms with Crippen molar-refractivity contribution in [3.63, 3.8) is 0 Å². The minimum atomic E-state index is -0.235. The van der Waals surface area contributed by atoms with Crippen molar-refractivity contribution in [2.45, 2.75) is 19.4 Å². The van der Waals surface area contributed by atoms with Crippen molar-refractivity contribution in [1.29, 1.82) is 0 Å². The van der Waals surface area contributed by atoms with Crippen LogP contribution in [-0.2, 0) is 17.8 Å². The molecule has 128 valence electrons. The average molecular weight is 357 g/mol. The Bertz CT molecular complexity index is 847. The van der Waals surface area contributed by atoms with Gasteiger partial charge < -0.3 is 10.4 Å². The summed E-state index contributed by atoms with van der Waals surface area (Å²) in [6, 6.07) is 11.0. The van der Waals surface area contributed by atoms with Crippen LogP contribution >= 0.6 is 11.6 Å².